The van der Waals surface area contributed by atoms with Crippen LogP contribution >= 0.6 is 0 Å². The minimum Gasteiger partial charge on any atom is -0.462 e. The number of amides is 1. The molecule has 0 aliphatic heterocycles. The van der Waals surface area contributed by atoms with E-state index in [2.05, 4.69) is 5.32 Å². The summed E-state index contributed by atoms with van der Waals surface area (Å²) in [7, 11) is -3.71. The normalized spacial score (nSPS) is 10.9. The van der Waals surface area contributed by atoms with Gasteiger partial charge in [0.05, 0.1) is 24.1 Å². The van der Waals surface area contributed by atoms with Crippen molar-refractivity contribution < 1.29 is 22.7 Å². The summed E-state index contributed by atoms with van der Waals surface area (Å²) in [4.78, 5) is 24.3. The Kier molecular flexibility index (Phi) is 6.95. The maximum absolute atomic E-state index is 12.3. The summed E-state index contributed by atoms with van der Waals surface area (Å²) in [6.45, 7) is 1.74. The monoisotopic (exact) mass is 390 g/mol. The molecule has 0 saturated carbocycles. The number of anilines is 2. The van der Waals surface area contributed by atoms with Crippen molar-refractivity contribution in [3.05, 3.63) is 60.2 Å². The second-order valence-corrected chi connectivity index (χ2v) is 7.64. The van der Waals surface area contributed by atoms with Gasteiger partial charge < -0.3 is 10.1 Å². The molecular formula is C19H22N2O5S. The predicted molar refractivity (Wildman–Crippen MR) is 104 cm³/mol. The lowest BCUT2D eigenvalue weighted by atomic mass is 10.1. The Hall–Kier alpha value is -2.87. The van der Waals surface area contributed by atoms with Gasteiger partial charge >= 0.3 is 5.97 Å². The van der Waals surface area contributed by atoms with Crippen molar-refractivity contribution >= 4 is 33.3 Å². The molecular weight excluding hydrogens is 368 g/mol. The van der Waals surface area contributed by atoms with Gasteiger partial charge in [-0.3, -0.25) is 9.10 Å². The number of carbonyl (C=O) groups is 2. The van der Waals surface area contributed by atoms with Crippen LogP contribution < -0.4 is 9.62 Å². The van der Waals surface area contributed by atoms with Crippen molar-refractivity contribution in [3.8, 4) is 0 Å². The molecule has 0 radical (unpaired) electrons. The Morgan fingerprint density at radius 1 is 1.04 bits per heavy atom. The number of esters is 1. The van der Waals surface area contributed by atoms with E-state index < -0.39 is 16.0 Å². The largest absolute Gasteiger partial charge is 0.462 e. The van der Waals surface area contributed by atoms with Crippen LogP contribution in [0.2, 0.25) is 0 Å². The Morgan fingerprint density at radius 3 is 2.30 bits per heavy atom. The second-order valence-electron chi connectivity index (χ2n) is 5.74. The van der Waals surface area contributed by atoms with Gasteiger partial charge in [-0.15, -0.1) is 0 Å². The van der Waals surface area contributed by atoms with Gasteiger partial charge in [-0.25, -0.2) is 13.2 Å². The molecule has 2 rings (SSSR count). The number of rotatable bonds is 8. The van der Waals surface area contributed by atoms with Crippen LogP contribution in [0.3, 0.4) is 0 Å². The Labute approximate surface area is 159 Å². The number of nitrogens with zero attached hydrogens (tertiary/aromatic N) is 1. The highest BCUT2D eigenvalue weighted by Crippen LogP contribution is 2.24. The molecule has 144 valence electrons. The zero-order valence-corrected chi connectivity index (χ0v) is 16.0. The van der Waals surface area contributed by atoms with Gasteiger partial charge in [0.2, 0.25) is 15.9 Å². The van der Waals surface area contributed by atoms with Crippen LogP contribution in [-0.4, -0.2) is 39.7 Å². The molecule has 0 bridgehead atoms. The van der Waals surface area contributed by atoms with Crippen LogP contribution in [0.4, 0.5) is 11.4 Å². The molecule has 0 heterocycles. The molecule has 2 aromatic rings. The molecule has 0 atom stereocenters. The van der Waals surface area contributed by atoms with Crippen LogP contribution in [0, 0.1) is 0 Å². The number of hydrogen-bond donors (Lipinski definition) is 1. The molecule has 27 heavy (non-hydrogen) atoms. The van der Waals surface area contributed by atoms with Crippen LogP contribution in [0.25, 0.3) is 0 Å². The molecule has 7 nitrogen and oxygen atoms in total. The van der Waals surface area contributed by atoms with Gasteiger partial charge in [-0.2, -0.15) is 0 Å². The number of sulfonamides is 1. The van der Waals surface area contributed by atoms with Gasteiger partial charge in [0.1, 0.15) is 0 Å². The third kappa shape index (κ3) is 5.82. The molecule has 0 fully saturated rings. The second kappa shape index (κ2) is 9.18. The molecule has 0 aliphatic carbocycles. The van der Waals surface area contributed by atoms with E-state index in [9.17, 15) is 18.0 Å². The first-order valence-electron chi connectivity index (χ1n) is 8.41. The first-order valence-corrected chi connectivity index (χ1v) is 10.3. The molecule has 0 unspecified atom stereocenters. The summed E-state index contributed by atoms with van der Waals surface area (Å²) >= 11 is 0. The summed E-state index contributed by atoms with van der Waals surface area (Å²) in [5, 5.41) is 2.71. The quantitative estimate of drug-likeness (QED) is 0.700. The number of hydrogen-bond acceptors (Lipinski definition) is 5. The molecule has 1 N–H and O–H groups in total. The molecule has 1 amide bonds. The number of nitrogens with one attached hydrogen (secondary N) is 1. The SMILES string of the molecule is CCOC(=O)c1ccccc1N(CCC(=O)Nc1ccccc1)S(C)(=O)=O. The highest BCUT2D eigenvalue weighted by molar-refractivity contribution is 7.92. The van der Waals surface area contributed by atoms with Crippen molar-refractivity contribution in [1.82, 2.24) is 0 Å². The Balaban J connectivity index is 2.20. The van der Waals surface area contributed by atoms with Gasteiger partial charge in [0.25, 0.3) is 0 Å². The summed E-state index contributed by atoms with van der Waals surface area (Å²) in [5.74, 6) is -0.945. The van der Waals surface area contributed by atoms with Gasteiger partial charge in [-0.05, 0) is 31.2 Å². The minimum atomic E-state index is -3.71. The maximum Gasteiger partial charge on any atom is 0.340 e. The molecule has 0 aromatic heterocycles. The van der Waals surface area contributed by atoms with Crippen LogP contribution in [0.5, 0.6) is 0 Å². The van der Waals surface area contributed by atoms with E-state index in [4.69, 9.17) is 4.74 Å². The van der Waals surface area contributed by atoms with Crippen LogP contribution in [0.15, 0.2) is 54.6 Å². The summed E-state index contributed by atoms with van der Waals surface area (Å²) in [6.07, 6.45) is 0.961. The highest BCUT2D eigenvalue weighted by Gasteiger charge is 2.24. The van der Waals surface area contributed by atoms with E-state index in [1.165, 1.54) is 12.1 Å². The smallest absolute Gasteiger partial charge is 0.340 e. The van der Waals surface area contributed by atoms with E-state index in [1.54, 1.807) is 43.3 Å². The van der Waals surface area contributed by atoms with E-state index in [0.717, 1.165) is 10.6 Å². The third-order valence-electron chi connectivity index (χ3n) is 3.67. The fraction of sp³-hybridized carbons (Fsp3) is 0.263. The van der Waals surface area contributed by atoms with Crippen LogP contribution in [0.1, 0.15) is 23.7 Å². The molecule has 0 saturated heterocycles. The molecule has 8 heteroatoms. The van der Waals surface area contributed by atoms with Crippen molar-refractivity contribution in [2.24, 2.45) is 0 Å². The first kappa shape index (κ1) is 20.4. The number of benzene rings is 2. The zero-order valence-electron chi connectivity index (χ0n) is 15.2. The lowest BCUT2D eigenvalue weighted by Crippen LogP contribution is -2.34. The van der Waals surface area contributed by atoms with Crippen molar-refractivity contribution in [3.63, 3.8) is 0 Å². The lowest BCUT2D eigenvalue weighted by Gasteiger charge is -2.24. The molecule has 0 aliphatic rings. The van der Waals surface area contributed by atoms with Crippen molar-refractivity contribution in [2.75, 3.05) is 29.0 Å². The van der Waals surface area contributed by atoms with Gasteiger partial charge in [0.15, 0.2) is 0 Å². The number of ether oxygens (including phenoxy) is 1. The first-order chi connectivity index (χ1) is 12.8. The fourth-order valence-corrected chi connectivity index (χ4v) is 3.43. The van der Waals surface area contributed by atoms with E-state index in [-0.39, 0.29) is 36.7 Å². The molecule has 0 spiro atoms. The average molecular weight is 390 g/mol. The third-order valence-corrected chi connectivity index (χ3v) is 4.85. The van der Waals surface area contributed by atoms with E-state index >= 15 is 0 Å². The Morgan fingerprint density at radius 2 is 1.67 bits per heavy atom. The van der Waals surface area contributed by atoms with Crippen molar-refractivity contribution in [1.29, 1.82) is 0 Å². The summed E-state index contributed by atoms with van der Waals surface area (Å²) in [6, 6.07) is 15.1. The predicted octanol–water partition coefficient (Wildman–Crippen LogP) is 2.66. The summed E-state index contributed by atoms with van der Waals surface area (Å²) < 4.78 is 30.6. The van der Waals surface area contributed by atoms with Crippen molar-refractivity contribution in [2.45, 2.75) is 13.3 Å². The highest BCUT2D eigenvalue weighted by atomic mass is 32.2. The van der Waals surface area contributed by atoms with Gasteiger partial charge in [-0.1, -0.05) is 30.3 Å². The zero-order chi connectivity index (χ0) is 19.9. The maximum atomic E-state index is 12.3. The Bertz CT molecular complexity index is 897. The molecule has 2 aromatic carbocycles. The van der Waals surface area contributed by atoms with E-state index in [0.29, 0.717) is 5.69 Å². The number of carbonyl (C=O) groups excluding carboxylic acids is 2. The fourth-order valence-electron chi connectivity index (χ4n) is 2.49. The van der Waals surface area contributed by atoms with E-state index in [1.807, 2.05) is 6.07 Å². The van der Waals surface area contributed by atoms with Gasteiger partial charge in [0, 0.05) is 18.7 Å². The average Bonchev–Trinajstić information content (AvgIpc) is 2.62. The summed E-state index contributed by atoms with van der Waals surface area (Å²) in [5.41, 5.74) is 0.944. The number of para-hydroxylation sites is 2. The topological polar surface area (TPSA) is 92.8 Å². The standard InChI is InChI=1S/C19H22N2O5S/c1-3-26-19(23)16-11-7-8-12-17(16)21(27(2,24)25)14-13-18(22)20-15-9-5-4-6-10-15/h4-12H,3,13-14H2,1-2H3,(H,20,22). The van der Waals surface area contributed by atoms with Crippen LogP contribution in [-0.2, 0) is 19.6 Å². The minimum absolute atomic E-state index is 0.0703. The lowest BCUT2D eigenvalue weighted by molar-refractivity contribution is -0.116.